The molecule has 0 radical (unpaired) electrons. The molecule has 0 bridgehead atoms. The van der Waals surface area contributed by atoms with E-state index in [-0.39, 0.29) is 11.7 Å². The van der Waals surface area contributed by atoms with Gasteiger partial charge in [0.15, 0.2) is 17.8 Å². The number of benzene rings is 2. The van der Waals surface area contributed by atoms with Gasteiger partial charge in [0.05, 0.1) is 19.1 Å². The standard InChI is InChI=1S/C22H20N2O5/c1-27-15-3-5-19-16(11-15)18(25)12-22(29-19)6-8-24(9-7-22)21(26)14-2-4-20-17(10-14)23-13-28-20/h2-5,10-11,13H,6-9,12H2,1H3. The molecule has 148 valence electrons. The van der Waals surface area contributed by atoms with Crippen molar-refractivity contribution in [3.8, 4) is 11.5 Å². The normalized spacial score (nSPS) is 17.8. The van der Waals surface area contributed by atoms with Gasteiger partial charge in [0, 0.05) is 31.5 Å². The van der Waals surface area contributed by atoms with Crippen LogP contribution in [-0.2, 0) is 0 Å². The number of likely N-dealkylation sites (tertiary alicyclic amines) is 1. The maximum atomic E-state index is 12.9. The SMILES string of the molecule is COc1ccc2c(c1)C(=O)CC1(CCN(C(=O)c3ccc4ocnc4c3)CC1)O2. The fourth-order valence-electron chi connectivity index (χ4n) is 4.17. The molecule has 1 fully saturated rings. The van der Waals surface area contributed by atoms with Gasteiger partial charge in [-0.1, -0.05) is 0 Å². The second-order valence-corrected chi connectivity index (χ2v) is 7.57. The van der Waals surface area contributed by atoms with Crippen molar-refractivity contribution in [3.05, 3.63) is 53.9 Å². The zero-order valence-corrected chi connectivity index (χ0v) is 16.0. The summed E-state index contributed by atoms with van der Waals surface area (Å²) in [6.45, 7) is 1.07. The van der Waals surface area contributed by atoms with Crippen molar-refractivity contribution in [1.82, 2.24) is 9.88 Å². The minimum Gasteiger partial charge on any atom is -0.497 e. The lowest BCUT2D eigenvalue weighted by atomic mass is 9.82. The number of methoxy groups -OCH3 is 1. The van der Waals surface area contributed by atoms with E-state index in [9.17, 15) is 9.59 Å². The first-order chi connectivity index (χ1) is 14.1. The molecule has 0 saturated carbocycles. The Kier molecular flexibility index (Phi) is 4.04. The lowest BCUT2D eigenvalue weighted by molar-refractivity contribution is -0.00576. The number of aromatic nitrogens is 1. The number of ether oxygens (including phenoxy) is 2. The summed E-state index contributed by atoms with van der Waals surface area (Å²) in [4.78, 5) is 31.6. The van der Waals surface area contributed by atoms with Crippen LogP contribution in [0.25, 0.3) is 11.1 Å². The zero-order chi connectivity index (χ0) is 20.0. The van der Waals surface area contributed by atoms with Gasteiger partial charge in [0.25, 0.3) is 5.91 Å². The molecule has 2 aliphatic rings. The summed E-state index contributed by atoms with van der Waals surface area (Å²) in [6, 6.07) is 10.6. The molecule has 1 aromatic heterocycles. The van der Waals surface area contributed by atoms with E-state index in [1.807, 2.05) is 4.90 Å². The average Bonchev–Trinajstić information content (AvgIpc) is 3.21. The smallest absolute Gasteiger partial charge is 0.253 e. The van der Waals surface area contributed by atoms with Crippen LogP contribution >= 0.6 is 0 Å². The Morgan fingerprint density at radius 3 is 2.79 bits per heavy atom. The molecular formula is C22H20N2O5. The van der Waals surface area contributed by atoms with Crippen molar-refractivity contribution in [3.63, 3.8) is 0 Å². The maximum absolute atomic E-state index is 12.9. The van der Waals surface area contributed by atoms with Crippen molar-refractivity contribution in [2.75, 3.05) is 20.2 Å². The van der Waals surface area contributed by atoms with Crippen molar-refractivity contribution >= 4 is 22.8 Å². The van der Waals surface area contributed by atoms with Gasteiger partial charge in [-0.25, -0.2) is 4.98 Å². The van der Waals surface area contributed by atoms with E-state index in [2.05, 4.69) is 4.98 Å². The van der Waals surface area contributed by atoms with E-state index in [1.165, 1.54) is 6.39 Å². The van der Waals surface area contributed by atoms with E-state index < -0.39 is 5.60 Å². The Morgan fingerprint density at radius 1 is 1.17 bits per heavy atom. The molecule has 0 N–H and O–H groups in total. The minimum atomic E-state index is -0.550. The summed E-state index contributed by atoms with van der Waals surface area (Å²) < 4.78 is 16.7. The van der Waals surface area contributed by atoms with Gasteiger partial charge < -0.3 is 18.8 Å². The number of hydrogen-bond acceptors (Lipinski definition) is 6. The number of ketones is 1. The Hall–Kier alpha value is -3.35. The molecule has 2 aliphatic heterocycles. The first-order valence-corrected chi connectivity index (χ1v) is 9.60. The number of rotatable bonds is 2. The quantitative estimate of drug-likeness (QED) is 0.664. The molecule has 3 heterocycles. The number of carbonyl (C=O) groups excluding carboxylic acids is 2. The molecule has 0 unspecified atom stereocenters. The largest absolute Gasteiger partial charge is 0.497 e. The Labute approximate surface area is 167 Å². The van der Waals surface area contributed by atoms with Gasteiger partial charge >= 0.3 is 0 Å². The molecule has 2 aromatic carbocycles. The Bertz CT molecular complexity index is 1110. The van der Waals surface area contributed by atoms with E-state index in [1.54, 1.807) is 43.5 Å². The fourth-order valence-corrected chi connectivity index (χ4v) is 4.17. The molecule has 7 nitrogen and oxygen atoms in total. The number of hydrogen-bond donors (Lipinski definition) is 0. The molecule has 1 saturated heterocycles. The lowest BCUT2D eigenvalue weighted by Gasteiger charge is -2.44. The number of Topliss-reactive ketones (excluding diaryl/α,β-unsaturated/α-hetero) is 1. The van der Waals surface area contributed by atoms with Gasteiger partial charge in [0.1, 0.15) is 22.6 Å². The molecule has 5 rings (SSSR count). The number of piperidine rings is 1. The highest BCUT2D eigenvalue weighted by molar-refractivity contribution is 6.01. The molecule has 0 atom stereocenters. The topological polar surface area (TPSA) is 81.9 Å². The summed E-state index contributed by atoms with van der Waals surface area (Å²) in [5.74, 6) is 1.25. The van der Waals surface area contributed by atoms with E-state index in [0.717, 1.165) is 0 Å². The van der Waals surface area contributed by atoms with Gasteiger partial charge in [-0.2, -0.15) is 0 Å². The first-order valence-electron chi connectivity index (χ1n) is 9.60. The second kappa shape index (κ2) is 6.62. The van der Waals surface area contributed by atoms with Crippen molar-refractivity contribution in [1.29, 1.82) is 0 Å². The predicted octanol–water partition coefficient (Wildman–Crippen LogP) is 3.48. The highest BCUT2D eigenvalue weighted by atomic mass is 16.5. The van der Waals surface area contributed by atoms with Crippen LogP contribution in [0.5, 0.6) is 11.5 Å². The summed E-state index contributed by atoms with van der Waals surface area (Å²) in [7, 11) is 1.57. The number of amides is 1. The van der Waals surface area contributed by atoms with Crippen molar-refractivity contribution in [2.24, 2.45) is 0 Å². The number of fused-ring (bicyclic) bond motifs is 2. The lowest BCUT2D eigenvalue weighted by Crippen LogP contribution is -2.52. The summed E-state index contributed by atoms with van der Waals surface area (Å²) in [6.07, 6.45) is 2.92. The predicted molar refractivity (Wildman–Crippen MR) is 104 cm³/mol. The number of carbonyl (C=O) groups is 2. The average molecular weight is 392 g/mol. The maximum Gasteiger partial charge on any atom is 0.253 e. The Balaban J connectivity index is 1.31. The minimum absolute atomic E-state index is 0.0444. The highest BCUT2D eigenvalue weighted by Gasteiger charge is 2.43. The van der Waals surface area contributed by atoms with Crippen LogP contribution in [0.4, 0.5) is 0 Å². The van der Waals surface area contributed by atoms with Gasteiger partial charge in [-0.05, 0) is 36.4 Å². The monoisotopic (exact) mass is 392 g/mol. The second-order valence-electron chi connectivity index (χ2n) is 7.57. The number of oxazole rings is 1. The molecule has 1 spiro atoms. The van der Waals surface area contributed by atoms with Gasteiger partial charge in [-0.15, -0.1) is 0 Å². The summed E-state index contributed by atoms with van der Waals surface area (Å²) >= 11 is 0. The van der Waals surface area contributed by atoms with Crippen LogP contribution < -0.4 is 9.47 Å². The Morgan fingerprint density at radius 2 is 2.00 bits per heavy atom. The highest BCUT2D eigenvalue weighted by Crippen LogP contribution is 2.40. The molecular weight excluding hydrogens is 372 g/mol. The van der Waals surface area contributed by atoms with E-state index in [0.29, 0.717) is 66.1 Å². The van der Waals surface area contributed by atoms with E-state index >= 15 is 0 Å². The summed E-state index contributed by atoms with van der Waals surface area (Å²) in [5.41, 5.74) is 1.92. The van der Waals surface area contributed by atoms with Crippen LogP contribution in [-0.4, -0.2) is 47.4 Å². The molecule has 7 heteroatoms. The number of nitrogens with zero attached hydrogens (tertiary/aromatic N) is 2. The van der Waals surface area contributed by atoms with Crippen molar-refractivity contribution < 1.29 is 23.5 Å². The molecule has 3 aromatic rings. The van der Waals surface area contributed by atoms with Crippen LogP contribution in [0.15, 0.2) is 47.2 Å². The molecule has 29 heavy (non-hydrogen) atoms. The third-order valence-electron chi connectivity index (χ3n) is 5.84. The van der Waals surface area contributed by atoms with E-state index in [4.69, 9.17) is 13.9 Å². The van der Waals surface area contributed by atoms with Crippen LogP contribution in [0, 0.1) is 0 Å². The van der Waals surface area contributed by atoms with Crippen LogP contribution in [0.2, 0.25) is 0 Å². The molecule has 1 amide bonds. The van der Waals surface area contributed by atoms with Crippen LogP contribution in [0.1, 0.15) is 40.0 Å². The summed E-state index contributed by atoms with van der Waals surface area (Å²) in [5, 5.41) is 0. The van der Waals surface area contributed by atoms with Crippen LogP contribution in [0.3, 0.4) is 0 Å². The third-order valence-corrected chi connectivity index (χ3v) is 5.84. The van der Waals surface area contributed by atoms with Gasteiger partial charge in [0.2, 0.25) is 0 Å². The third kappa shape index (κ3) is 3.03. The van der Waals surface area contributed by atoms with Crippen molar-refractivity contribution in [2.45, 2.75) is 24.9 Å². The first kappa shape index (κ1) is 17.7. The fraction of sp³-hybridized carbons (Fsp3) is 0.318. The van der Waals surface area contributed by atoms with Gasteiger partial charge in [-0.3, -0.25) is 9.59 Å². The molecule has 0 aliphatic carbocycles. The zero-order valence-electron chi connectivity index (χ0n) is 16.0.